The molecule has 0 saturated heterocycles. The molecule has 0 aromatic heterocycles. The number of ether oxygens (including phenoxy) is 1. The summed E-state index contributed by atoms with van der Waals surface area (Å²) in [4.78, 5) is 11.2. The lowest BCUT2D eigenvalue weighted by Crippen LogP contribution is -2.36. The van der Waals surface area contributed by atoms with Crippen LogP contribution in [0, 0.1) is 12.3 Å². The standard InChI is InChI=1S/C13H24N2O2/c1-5-6-7-8-9-14-10-11-15-12(16)17-13(2,3)4/h1,14H,6-11H2,2-4H3,(H,15,16). The van der Waals surface area contributed by atoms with E-state index >= 15 is 0 Å². The third-order valence-electron chi connectivity index (χ3n) is 1.89. The van der Waals surface area contributed by atoms with Crippen LogP contribution in [0.15, 0.2) is 0 Å². The fraction of sp³-hybridized carbons (Fsp3) is 0.769. The second-order valence-electron chi connectivity index (χ2n) is 4.84. The second kappa shape index (κ2) is 8.89. The van der Waals surface area contributed by atoms with Crippen molar-refractivity contribution >= 4 is 6.09 Å². The Balaban J connectivity index is 3.29. The molecule has 0 spiro atoms. The van der Waals surface area contributed by atoms with Crippen molar-refractivity contribution in [2.24, 2.45) is 0 Å². The van der Waals surface area contributed by atoms with Gasteiger partial charge in [-0.15, -0.1) is 12.3 Å². The summed E-state index contributed by atoms with van der Waals surface area (Å²) in [6, 6.07) is 0. The fourth-order valence-electron chi connectivity index (χ4n) is 1.17. The van der Waals surface area contributed by atoms with Crippen LogP contribution in [0.2, 0.25) is 0 Å². The lowest BCUT2D eigenvalue weighted by molar-refractivity contribution is 0.0528. The molecule has 0 atom stereocenters. The van der Waals surface area contributed by atoms with Gasteiger partial charge in [-0.1, -0.05) is 0 Å². The predicted molar refractivity (Wildman–Crippen MR) is 69.8 cm³/mol. The van der Waals surface area contributed by atoms with Crippen molar-refractivity contribution in [3.05, 3.63) is 0 Å². The van der Waals surface area contributed by atoms with E-state index in [1.807, 2.05) is 20.8 Å². The highest BCUT2D eigenvalue weighted by atomic mass is 16.6. The average molecular weight is 240 g/mol. The molecule has 0 heterocycles. The van der Waals surface area contributed by atoms with Crippen molar-refractivity contribution in [2.75, 3.05) is 19.6 Å². The van der Waals surface area contributed by atoms with E-state index in [9.17, 15) is 4.79 Å². The Hall–Kier alpha value is -1.21. The minimum atomic E-state index is -0.438. The van der Waals surface area contributed by atoms with E-state index in [4.69, 9.17) is 11.2 Å². The lowest BCUT2D eigenvalue weighted by atomic mass is 10.2. The minimum absolute atomic E-state index is 0.369. The molecule has 0 aliphatic heterocycles. The van der Waals surface area contributed by atoms with Gasteiger partial charge < -0.3 is 15.4 Å². The van der Waals surface area contributed by atoms with E-state index in [1.165, 1.54) is 0 Å². The van der Waals surface area contributed by atoms with Crippen molar-refractivity contribution in [1.82, 2.24) is 10.6 Å². The third kappa shape index (κ3) is 12.7. The number of nitrogens with one attached hydrogen (secondary N) is 2. The molecule has 0 radical (unpaired) electrons. The Kier molecular flexibility index (Phi) is 8.25. The lowest BCUT2D eigenvalue weighted by Gasteiger charge is -2.19. The molecule has 0 rings (SSSR count). The van der Waals surface area contributed by atoms with Crippen LogP contribution in [0.25, 0.3) is 0 Å². The predicted octanol–water partition coefficient (Wildman–Crippen LogP) is 1.90. The first-order valence-corrected chi connectivity index (χ1v) is 6.07. The SMILES string of the molecule is C#CCCCCNCCNC(=O)OC(C)(C)C. The van der Waals surface area contributed by atoms with Crippen LogP contribution < -0.4 is 10.6 Å². The average Bonchev–Trinajstić information content (AvgIpc) is 2.19. The van der Waals surface area contributed by atoms with Gasteiger partial charge in [0.05, 0.1) is 0 Å². The summed E-state index contributed by atoms with van der Waals surface area (Å²) < 4.78 is 5.10. The number of carbonyl (C=O) groups is 1. The minimum Gasteiger partial charge on any atom is -0.444 e. The van der Waals surface area contributed by atoms with Gasteiger partial charge in [-0.3, -0.25) is 0 Å². The molecule has 0 aromatic rings. The van der Waals surface area contributed by atoms with Gasteiger partial charge in [-0.25, -0.2) is 4.79 Å². The molecule has 0 aromatic carbocycles. The summed E-state index contributed by atoms with van der Waals surface area (Å²) in [5.41, 5.74) is -0.438. The van der Waals surface area contributed by atoms with E-state index in [2.05, 4.69) is 16.6 Å². The van der Waals surface area contributed by atoms with Crippen molar-refractivity contribution in [3.8, 4) is 12.3 Å². The maximum Gasteiger partial charge on any atom is 0.407 e. The molecule has 17 heavy (non-hydrogen) atoms. The van der Waals surface area contributed by atoms with Crippen LogP contribution in [0.4, 0.5) is 4.79 Å². The number of hydrogen-bond acceptors (Lipinski definition) is 3. The maximum absolute atomic E-state index is 11.2. The van der Waals surface area contributed by atoms with Crippen LogP contribution >= 0.6 is 0 Å². The van der Waals surface area contributed by atoms with E-state index < -0.39 is 5.60 Å². The van der Waals surface area contributed by atoms with Crippen LogP contribution in [0.3, 0.4) is 0 Å². The molecule has 4 nitrogen and oxygen atoms in total. The summed E-state index contributed by atoms with van der Waals surface area (Å²) >= 11 is 0. The van der Waals surface area contributed by atoms with Gasteiger partial charge in [0.1, 0.15) is 5.60 Å². The molecule has 2 N–H and O–H groups in total. The van der Waals surface area contributed by atoms with Crippen LogP contribution in [-0.2, 0) is 4.74 Å². The molecular formula is C13H24N2O2. The summed E-state index contributed by atoms with van der Waals surface area (Å²) in [5.74, 6) is 2.61. The molecule has 1 amide bonds. The Bertz CT molecular complexity index is 251. The van der Waals surface area contributed by atoms with E-state index in [0.717, 1.165) is 32.4 Å². The van der Waals surface area contributed by atoms with E-state index in [0.29, 0.717) is 6.54 Å². The number of rotatable bonds is 7. The number of carbonyl (C=O) groups excluding carboxylic acids is 1. The molecule has 0 bridgehead atoms. The monoisotopic (exact) mass is 240 g/mol. The Labute approximate surface area is 104 Å². The Morgan fingerprint density at radius 2 is 1.94 bits per heavy atom. The topological polar surface area (TPSA) is 50.4 Å². The van der Waals surface area contributed by atoms with Crippen molar-refractivity contribution in [1.29, 1.82) is 0 Å². The van der Waals surface area contributed by atoms with Crippen LogP contribution in [0.5, 0.6) is 0 Å². The Morgan fingerprint density at radius 1 is 1.24 bits per heavy atom. The van der Waals surface area contributed by atoms with Crippen LogP contribution in [0.1, 0.15) is 40.0 Å². The molecule has 0 unspecified atom stereocenters. The molecule has 98 valence electrons. The summed E-state index contributed by atoms with van der Waals surface area (Å²) in [6.45, 7) is 7.78. The first-order chi connectivity index (χ1) is 7.95. The zero-order valence-electron chi connectivity index (χ0n) is 11.1. The first-order valence-electron chi connectivity index (χ1n) is 6.07. The largest absolute Gasteiger partial charge is 0.444 e. The van der Waals surface area contributed by atoms with Gasteiger partial charge in [-0.05, 0) is 40.2 Å². The zero-order valence-corrected chi connectivity index (χ0v) is 11.1. The molecular weight excluding hydrogens is 216 g/mol. The van der Waals surface area contributed by atoms with Gasteiger partial charge in [0.25, 0.3) is 0 Å². The molecule has 0 aliphatic carbocycles. The highest BCUT2D eigenvalue weighted by Gasteiger charge is 2.15. The number of terminal acetylenes is 1. The smallest absolute Gasteiger partial charge is 0.407 e. The zero-order chi connectivity index (χ0) is 13.1. The van der Waals surface area contributed by atoms with Crippen molar-refractivity contribution in [2.45, 2.75) is 45.6 Å². The summed E-state index contributed by atoms with van der Waals surface area (Å²) in [7, 11) is 0. The normalized spacial score (nSPS) is 10.7. The highest BCUT2D eigenvalue weighted by molar-refractivity contribution is 5.67. The van der Waals surface area contributed by atoms with Crippen molar-refractivity contribution < 1.29 is 9.53 Å². The molecule has 4 heteroatoms. The summed E-state index contributed by atoms with van der Waals surface area (Å²) in [6.07, 6.45) is 7.72. The first kappa shape index (κ1) is 15.8. The van der Waals surface area contributed by atoms with E-state index in [1.54, 1.807) is 0 Å². The third-order valence-corrected chi connectivity index (χ3v) is 1.89. The number of unbranched alkanes of at least 4 members (excludes halogenated alkanes) is 2. The van der Waals surface area contributed by atoms with Gasteiger partial charge in [0.15, 0.2) is 0 Å². The van der Waals surface area contributed by atoms with Crippen molar-refractivity contribution in [3.63, 3.8) is 0 Å². The van der Waals surface area contributed by atoms with Gasteiger partial charge >= 0.3 is 6.09 Å². The fourth-order valence-corrected chi connectivity index (χ4v) is 1.17. The second-order valence-corrected chi connectivity index (χ2v) is 4.84. The number of hydrogen-bond donors (Lipinski definition) is 2. The van der Waals surface area contributed by atoms with Crippen LogP contribution in [-0.4, -0.2) is 31.3 Å². The molecule has 0 aliphatic rings. The number of amides is 1. The Morgan fingerprint density at radius 3 is 2.53 bits per heavy atom. The van der Waals surface area contributed by atoms with Gasteiger partial charge in [0.2, 0.25) is 0 Å². The quantitative estimate of drug-likeness (QED) is 0.528. The molecule has 0 fully saturated rings. The highest BCUT2D eigenvalue weighted by Crippen LogP contribution is 2.05. The maximum atomic E-state index is 11.2. The van der Waals surface area contributed by atoms with E-state index in [-0.39, 0.29) is 6.09 Å². The number of alkyl carbamates (subject to hydrolysis) is 1. The molecule has 0 saturated carbocycles. The van der Waals surface area contributed by atoms with Gasteiger partial charge in [-0.2, -0.15) is 0 Å². The van der Waals surface area contributed by atoms with Gasteiger partial charge in [0, 0.05) is 19.5 Å². The summed E-state index contributed by atoms with van der Waals surface area (Å²) in [5, 5.41) is 5.91.